The maximum atomic E-state index is 2.56. The molecule has 0 aliphatic heterocycles. The summed E-state index contributed by atoms with van der Waals surface area (Å²) < 4.78 is 0. The van der Waals surface area contributed by atoms with E-state index in [9.17, 15) is 0 Å². The summed E-state index contributed by atoms with van der Waals surface area (Å²) in [5.74, 6) is 4.08. The Morgan fingerprint density at radius 3 is 2.11 bits per heavy atom. The van der Waals surface area contributed by atoms with Crippen molar-refractivity contribution < 1.29 is 0 Å². The Hall–Kier alpha value is 0. The van der Waals surface area contributed by atoms with E-state index in [1.165, 1.54) is 25.7 Å². The van der Waals surface area contributed by atoms with Gasteiger partial charge in [-0.3, -0.25) is 0 Å². The Bertz CT molecular complexity index is 323. The van der Waals surface area contributed by atoms with E-state index < -0.39 is 0 Å². The lowest BCUT2D eigenvalue weighted by atomic mass is 9.52. The zero-order valence-corrected chi connectivity index (χ0v) is 13.7. The van der Waals surface area contributed by atoms with Crippen molar-refractivity contribution in [1.29, 1.82) is 0 Å². The van der Waals surface area contributed by atoms with Crippen LogP contribution in [0.2, 0.25) is 0 Å². The summed E-state index contributed by atoms with van der Waals surface area (Å²) >= 11 is 0. The van der Waals surface area contributed by atoms with Crippen LogP contribution in [-0.2, 0) is 0 Å². The largest absolute Gasteiger partial charge is 0.0651 e. The smallest absolute Gasteiger partial charge is 0.0235 e. The summed E-state index contributed by atoms with van der Waals surface area (Å²) in [4.78, 5) is 0. The Balaban J connectivity index is 1.68. The normalized spacial score (nSPS) is 40.9. The molecule has 3 saturated carbocycles. The second kappa shape index (κ2) is 4.78. The SMILES string of the molecule is CCC(CC)C(C)CC1(C2CC23CCC3)CCC1C. The highest BCUT2D eigenvalue weighted by Crippen LogP contribution is 2.77. The summed E-state index contributed by atoms with van der Waals surface area (Å²) in [6.45, 7) is 9.91. The van der Waals surface area contributed by atoms with Gasteiger partial charge in [-0.2, -0.15) is 0 Å². The van der Waals surface area contributed by atoms with Gasteiger partial charge in [0.25, 0.3) is 0 Å². The zero-order valence-electron chi connectivity index (χ0n) is 13.7. The Labute approximate surface area is 120 Å². The fourth-order valence-electron chi connectivity index (χ4n) is 5.97. The molecule has 0 aromatic rings. The molecule has 4 unspecified atom stereocenters. The first kappa shape index (κ1) is 14.0. The fourth-order valence-corrected chi connectivity index (χ4v) is 5.97. The molecule has 1 spiro atoms. The minimum atomic E-state index is 0.780. The van der Waals surface area contributed by atoms with Crippen molar-refractivity contribution in [2.75, 3.05) is 0 Å². The van der Waals surface area contributed by atoms with E-state index in [1.54, 1.807) is 32.1 Å². The molecule has 0 aromatic heterocycles. The molecular formula is C19H34. The standard InChI is InChI=1S/C19H34/c1-5-16(6-2)14(3)12-19(11-8-15(19)4)17-13-18(17)9-7-10-18/h14-17H,5-13H2,1-4H3. The lowest BCUT2D eigenvalue weighted by molar-refractivity contribution is -0.0365. The molecule has 3 aliphatic rings. The Morgan fingerprint density at radius 1 is 1.11 bits per heavy atom. The van der Waals surface area contributed by atoms with E-state index in [-0.39, 0.29) is 0 Å². The van der Waals surface area contributed by atoms with Gasteiger partial charge < -0.3 is 0 Å². The van der Waals surface area contributed by atoms with Crippen molar-refractivity contribution in [3.63, 3.8) is 0 Å². The summed E-state index contributed by atoms with van der Waals surface area (Å²) in [5, 5.41) is 0. The van der Waals surface area contributed by atoms with Crippen LogP contribution >= 0.6 is 0 Å². The van der Waals surface area contributed by atoms with Crippen LogP contribution in [0, 0.1) is 34.5 Å². The van der Waals surface area contributed by atoms with Crippen LogP contribution in [-0.4, -0.2) is 0 Å². The van der Waals surface area contributed by atoms with E-state index >= 15 is 0 Å². The molecule has 0 saturated heterocycles. The first-order chi connectivity index (χ1) is 9.08. The summed E-state index contributed by atoms with van der Waals surface area (Å²) in [7, 11) is 0. The van der Waals surface area contributed by atoms with Crippen LogP contribution < -0.4 is 0 Å². The second-order valence-electron chi connectivity index (χ2n) is 8.40. The summed E-state index contributed by atoms with van der Waals surface area (Å²) in [5.41, 5.74) is 1.66. The van der Waals surface area contributed by atoms with Crippen molar-refractivity contribution in [1.82, 2.24) is 0 Å². The molecule has 0 amide bonds. The van der Waals surface area contributed by atoms with Gasteiger partial charge in [0.2, 0.25) is 0 Å². The van der Waals surface area contributed by atoms with Gasteiger partial charge >= 0.3 is 0 Å². The van der Waals surface area contributed by atoms with Gasteiger partial charge in [-0.15, -0.1) is 0 Å². The minimum absolute atomic E-state index is 0.780. The van der Waals surface area contributed by atoms with E-state index in [2.05, 4.69) is 27.7 Å². The number of hydrogen-bond acceptors (Lipinski definition) is 0. The zero-order chi connectivity index (χ0) is 13.7. The van der Waals surface area contributed by atoms with E-state index in [4.69, 9.17) is 0 Å². The third-order valence-corrected chi connectivity index (χ3v) is 7.81. The average molecular weight is 262 g/mol. The predicted octanol–water partition coefficient (Wildman–Crippen LogP) is 6.06. The summed E-state index contributed by atoms with van der Waals surface area (Å²) in [6, 6.07) is 0. The quantitative estimate of drug-likeness (QED) is 0.546. The predicted molar refractivity (Wildman–Crippen MR) is 83.1 cm³/mol. The molecule has 0 aromatic carbocycles. The van der Waals surface area contributed by atoms with Crippen LogP contribution in [0.4, 0.5) is 0 Å². The lowest BCUT2D eigenvalue weighted by Gasteiger charge is -2.53. The molecule has 3 rings (SSSR count). The first-order valence-electron chi connectivity index (χ1n) is 9.08. The lowest BCUT2D eigenvalue weighted by Crippen LogP contribution is -2.44. The molecule has 4 atom stereocenters. The Morgan fingerprint density at radius 2 is 1.79 bits per heavy atom. The van der Waals surface area contributed by atoms with Gasteiger partial charge in [-0.1, -0.05) is 47.0 Å². The third kappa shape index (κ3) is 2.00. The van der Waals surface area contributed by atoms with Crippen LogP contribution in [0.1, 0.15) is 85.5 Å². The molecule has 0 bridgehead atoms. The van der Waals surface area contributed by atoms with E-state index in [0.717, 1.165) is 34.5 Å². The van der Waals surface area contributed by atoms with Crippen molar-refractivity contribution >= 4 is 0 Å². The average Bonchev–Trinajstić information content (AvgIpc) is 3.11. The molecule has 0 heterocycles. The highest BCUT2D eigenvalue weighted by molar-refractivity contribution is 5.17. The highest BCUT2D eigenvalue weighted by Gasteiger charge is 2.68. The Kier molecular flexibility index (Phi) is 3.51. The van der Waals surface area contributed by atoms with Gasteiger partial charge in [-0.25, -0.2) is 0 Å². The van der Waals surface area contributed by atoms with Crippen molar-refractivity contribution in [3.8, 4) is 0 Å². The molecule has 110 valence electrons. The topological polar surface area (TPSA) is 0 Å². The van der Waals surface area contributed by atoms with Crippen LogP contribution in [0.3, 0.4) is 0 Å². The number of hydrogen-bond donors (Lipinski definition) is 0. The van der Waals surface area contributed by atoms with Gasteiger partial charge in [0.15, 0.2) is 0 Å². The molecule has 0 N–H and O–H groups in total. The van der Waals surface area contributed by atoms with E-state index in [0.29, 0.717) is 0 Å². The molecule has 3 fully saturated rings. The molecular weight excluding hydrogens is 228 g/mol. The molecule has 3 aliphatic carbocycles. The second-order valence-corrected chi connectivity index (χ2v) is 8.40. The molecule has 19 heavy (non-hydrogen) atoms. The molecule has 0 nitrogen and oxygen atoms in total. The highest BCUT2D eigenvalue weighted by atomic mass is 14.7. The van der Waals surface area contributed by atoms with Gasteiger partial charge in [-0.05, 0) is 73.0 Å². The fraction of sp³-hybridized carbons (Fsp3) is 1.00. The minimum Gasteiger partial charge on any atom is -0.0651 e. The summed E-state index contributed by atoms with van der Waals surface area (Å²) in [6.07, 6.45) is 13.7. The maximum Gasteiger partial charge on any atom is -0.0235 e. The first-order valence-corrected chi connectivity index (χ1v) is 9.08. The van der Waals surface area contributed by atoms with Gasteiger partial charge in [0.1, 0.15) is 0 Å². The van der Waals surface area contributed by atoms with Crippen LogP contribution in [0.5, 0.6) is 0 Å². The third-order valence-electron chi connectivity index (χ3n) is 7.81. The molecule has 0 radical (unpaired) electrons. The van der Waals surface area contributed by atoms with Gasteiger partial charge in [0.05, 0.1) is 0 Å². The van der Waals surface area contributed by atoms with Crippen LogP contribution in [0.15, 0.2) is 0 Å². The van der Waals surface area contributed by atoms with Crippen molar-refractivity contribution in [3.05, 3.63) is 0 Å². The number of rotatable bonds is 6. The van der Waals surface area contributed by atoms with Crippen LogP contribution in [0.25, 0.3) is 0 Å². The van der Waals surface area contributed by atoms with E-state index in [1.807, 2.05) is 0 Å². The monoisotopic (exact) mass is 262 g/mol. The van der Waals surface area contributed by atoms with Crippen molar-refractivity contribution in [2.24, 2.45) is 34.5 Å². The maximum absolute atomic E-state index is 2.56. The van der Waals surface area contributed by atoms with Crippen molar-refractivity contribution in [2.45, 2.75) is 85.5 Å². The van der Waals surface area contributed by atoms with Gasteiger partial charge in [0, 0.05) is 0 Å². The molecule has 0 heteroatoms.